The molecule has 2 aromatic rings. The minimum absolute atomic E-state index is 0.292. The summed E-state index contributed by atoms with van der Waals surface area (Å²) in [6.45, 7) is 0. The van der Waals surface area contributed by atoms with Gasteiger partial charge in [-0.05, 0) is 18.2 Å². The summed E-state index contributed by atoms with van der Waals surface area (Å²) >= 11 is 0. The number of nitrogens with two attached hydrogens (primary N) is 1. The zero-order chi connectivity index (χ0) is 13.0. The second-order valence-corrected chi connectivity index (χ2v) is 3.62. The van der Waals surface area contributed by atoms with E-state index in [0.29, 0.717) is 22.7 Å². The Balaban J connectivity index is 2.24. The second kappa shape index (κ2) is 5.18. The Morgan fingerprint density at radius 3 is 2.83 bits per heavy atom. The molecule has 0 aliphatic carbocycles. The molecule has 18 heavy (non-hydrogen) atoms. The molecule has 2 rings (SSSR count). The van der Waals surface area contributed by atoms with Gasteiger partial charge in [-0.25, -0.2) is 0 Å². The van der Waals surface area contributed by atoms with E-state index < -0.39 is 0 Å². The Bertz CT molecular complexity index is 570. The van der Waals surface area contributed by atoms with Crippen LogP contribution in [0.25, 0.3) is 0 Å². The maximum absolute atomic E-state index is 12.0. The topological polar surface area (TPSA) is 77.2 Å². The van der Waals surface area contributed by atoms with E-state index in [1.807, 2.05) is 12.1 Å². The largest absolute Gasteiger partial charge is 0.495 e. The number of hydrogen-bond donors (Lipinski definition) is 2. The van der Waals surface area contributed by atoms with Gasteiger partial charge in [-0.3, -0.25) is 9.78 Å². The standard InChI is InChI=1S/C13H13N3O2/c1-18-12-5-3-2-4-11(12)16-13(17)9-6-7-15-8-10(9)14/h2-8H,14H2,1H3,(H,16,17). The molecule has 0 saturated heterocycles. The van der Waals surface area contributed by atoms with Crippen molar-refractivity contribution in [1.29, 1.82) is 0 Å². The second-order valence-electron chi connectivity index (χ2n) is 3.62. The normalized spacial score (nSPS) is 9.83. The molecule has 0 saturated carbocycles. The number of benzene rings is 1. The van der Waals surface area contributed by atoms with Crippen LogP contribution in [-0.4, -0.2) is 18.0 Å². The molecule has 1 amide bonds. The molecule has 1 heterocycles. The summed E-state index contributed by atoms with van der Waals surface area (Å²) in [4.78, 5) is 15.9. The summed E-state index contributed by atoms with van der Waals surface area (Å²) in [5, 5.41) is 2.75. The molecule has 0 fully saturated rings. The summed E-state index contributed by atoms with van der Waals surface area (Å²) in [5.41, 5.74) is 7.01. The highest BCUT2D eigenvalue weighted by atomic mass is 16.5. The Morgan fingerprint density at radius 1 is 1.33 bits per heavy atom. The Hall–Kier alpha value is -2.56. The van der Waals surface area contributed by atoms with Crippen LogP contribution >= 0.6 is 0 Å². The molecule has 0 aliphatic rings. The number of rotatable bonds is 3. The van der Waals surface area contributed by atoms with Crippen LogP contribution in [0.3, 0.4) is 0 Å². The van der Waals surface area contributed by atoms with Crippen molar-refractivity contribution in [2.24, 2.45) is 0 Å². The predicted molar refractivity (Wildman–Crippen MR) is 69.6 cm³/mol. The molecule has 1 aromatic heterocycles. The van der Waals surface area contributed by atoms with E-state index in [-0.39, 0.29) is 5.91 Å². The number of nitrogen functional groups attached to an aromatic ring is 1. The minimum atomic E-state index is -0.292. The molecule has 0 spiro atoms. The number of anilines is 2. The lowest BCUT2D eigenvalue weighted by Gasteiger charge is -2.10. The van der Waals surface area contributed by atoms with Crippen LogP contribution in [0.15, 0.2) is 42.7 Å². The number of nitrogens with zero attached hydrogens (tertiary/aromatic N) is 1. The van der Waals surface area contributed by atoms with Gasteiger partial charge in [0.2, 0.25) is 0 Å². The van der Waals surface area contributed by atoms with E-state index in [1.165, 1.54) is 12.4 Å². The van der Waals surface area contributed by atoms with Crippen molar-refractivity contribution in [3.8, 4) is 5.75 Å². The maximum atomic E-state index is 12.0. The van der Waals surface area contributed by atoms with Gasteiger partial charge in [-0.2, -0.15) is 0 Å². The van der Waals surface area contributed by atoms with Crippen LogP contribution in [0, 0.1) is 0 Å². The number of para-hydroxylation sites is 2. The van der Waals surface area contributed by atoms with Crippen molar-refractivity contribution in [1.82, 2.24) is 4.98 Å². The Kier molecular flexibility index (Phi) is 3.43. The number of aromatic nitrogens is 1. The van der Waals surface area contributed by atoms with Crippen molar-refractivity contribution < 1.29 is 9.53 Å². The highest BCUT2D eigenvalue weighted by Crippen LogP contribution is 2.24. The van der Waals surface area contributed by atoms with Gasteiger partial charge in [0.1, 0.15) is 5.75 Å². The molecule has 5 heteroatoms. The van der Waals surface area contributed by atoms with E-state index in [0.717, 1.165) is 0 Å². The third-order valence-corrected chi connectivity index (χ3v) is 2.45. The molecule has 1 aromatic carbocycles. The first-order valence-electron chi connectivity index (χ1n) is 5.36. The third-order valence-electron chi connectivity index (χ3n) is 2.45. The minimum Gasteiger partial charge on any atom is -0.495 e. The van der Waals surface area contributed by atoms with E-state index in [2.05, 4.69) is 10.3 Å². The maximum Gasteiger partial charge on any atom is 0.257 e. The van der Waals surface area contributed by atoms with E-state index in [4.69, 9.17) is 10.5 Å². The summed E-state index contributed by atoms with van der Waals surface area (Å²) in [7, 11) is 1.55. The van der Waals surface area contributed by atoms with Crippen LogP contribution < -0.4 is 15.8 Å². The average molecular weight is 243 g/mol. The van der Waals surface area contributed by atoms with E-state index >= 15 is 0 Å². The van der Waals surface area contributed by atoms with Gasteiger partial charge in [0.25, 0.3) is 5.91 Å². The Labute approximate surface area is 105 Å². The molecule has 5 nitrogen and oxygen atoms in total. The van der Waals surface area contributed by atoms with Crippen LogP contribution in [0.1, 0.15) is 10.4 Å². The SMILES string of the molecule is COc1ccccc1NC(=O)c1ccncc1N. The fourth-order valence-electron chi connectivity index (χ4n) is 1.55. The van der Waals surface area contributed by atoms with Crippen LogP contribution in [0.5, 0.6) is 5.75 Å². The fourth-order valence-corrected chi connectivity index (χ4v) is 1.55. The van der Waals surface area contributed by atoms with Crippen LogP contribution in [0.2, 0.25) is 0 Å². The van der Waals surface area contributed by atoms with E-state index in [1.54, 1.807) is 25.3 Å². The molecule has 0 bridgehead atoms. The number of amides is 1. The molecule has 0 radical (unpaired) electrons. The van der Waals surface area contributed by atoms with Crippen molar-refractivity contribution >= 4 is 17.3 Å². The van der Waals surface area contributed by atoms with E-state index in [9.17, 15) is 4.79 Å². The van der Waals surface area contributed by atoms with Crippen molar-refractivity contribution in [2.45, 2.75) is 0 Å². The number of methoxy groups -OCH3 is 1. The summed E-state index contributed by atoms with van der Waals surface area (Å²) < 4.78 is 5.15. The first-order valence-corrected chi connectivity index (χ1v) is 5.36. The molecular formula is C13H13N3O2. The van der Waals surface area contributed by atoms with Crippen molar-refractivity contribution in [3.05, 3.63) is 48.3 Å². The number of carbonyl (C=O) groups excluding carboxylic acids is 1. The zero-order valence-electron chi connectivity index (χ0n) is 9.88. The monoisotopic (exact) mass is 243 g/mol. The summed E-state index contributed by atoms with van der Waals surface area (Å²) in [6.07, 6.45) is 2.96. The number of hydrogen-bond acceptors (Lipinski definition) is 4. The van der Waals surface area contributed by atoms with Gasteiger partial charge in [0.15, 0.2) is 0 Å². The number of ether oxygens (including phenoxy) is 1. The van der Waals surface area contributed by atoms with Gasteiger partial charge in [0.05, 0.1) is 30.2 Å². The summed E-state index contributed by atoms with van der Waals surface area (Å²) in [5.74, 6) is 0.304. The molecule has 0 unspecified atom stereocenters. The molecule has 3 N–H and O–H groups in total. The lowest BCUT2D eigenvalue weighted by molar-refractivity contribution is 0.102. The number of nitrogens with one attached hydrogen (secondary N) is 1. The zero-order valence-corrected chi connectivity index (χ0v) is 9.88. The molecular weight excluding hydrogens is 230 g/mol. The molecule has 0 atom stereocenters. The lowest BCUT2D eigenvalue weighted by Crippen LogP contribution is -2.14. The average Bonchev–Trinajstić information content (AvgIpc) is 2.39. The summed E-state index contributed by atoms with van der Waals surface area (Å²) in [6, 6.07) is 8.74. The first-order chi connectivity index (χ1) is 8.72. The molecule has 92 valence electrons. The third kappa shape index (κ3) is 2.40. The Morgan fingerprint density at radius 2 is 2.11 bits per heavy atom. The highest BCUT2D eigenvalue weighted by molar-refractivity contribution is 6.08. The van der Waals surface area contributed by atoms with Crippen molar-refractivity contribution in [3.63, 3.8) is 0 Å². The van der Waals surface area contributed by atoms with Crippen LogP contribution in [0.4, 0.5) is 11.4 Å². The van der Waals surface area contributed by atoms with Gasteiger partial charge >= 0.3 is 0 Å². The number of pyridine rings is 1. The lowest BCUT2D eigenvalue weighted by atomic mass is 10.2. The van der Waals surface area contributed by atoms with Gasteiger partial charge in [0, 0.05) is 6.20 Å². The fraction of sp³-hybridized carbons (Fsp3) is 0.0769. The quantitative estimate of drug-likeness (QED) is 0.863. The number of carbonyl (C=O) groups is 1. The smallest absolute Gasteiger partial charge is 0.257 e. The van der Waals surface area contributed by atoms with Gasteiger partial charge in [-0.15, -0.1) is 0 Å². The predicted octanol–water partition coefficient (Wildman–Crippen LogP) is 1.92. The highest BCUT2D eigenvalue weighted by Gasteiger charge is 2.11. The molecule has 0 aliphatic heterocycles. The van der Waals surface area contributed by atoms with Gasteiger partial charge in [-0.1, -0.05) is 12.1 Å². The van der Waals surface area contributed by atoms with Crippen molar-refractivity contribution in [2.75, 3.05) is 18.2 Å². The first kappa shape index (κ1) is 11.9. The van der Waals surface area contributed by atoms with Gasteiger partial charge < -0.3 is 15.8 Å². The van der Waals surface area contributed by atoms with Crippen LogP contribution in [-0.2, 0) is 0 Å².